The van der Waals surface area contributed by atoms with Crippen LogP contribution in [0.4, 0.5) is 0 Å². The van der Waals surface area contributed by atoms with Crippen molar-refractivity contribution in [2.24, 2.45) is 0 Å². The first kappa shape index (κ1) is 16.6. The summed E-state index contributed by atoms with van der Waals surface area (Å²) in [5.41, 5.74) is 1.24. The fourth-order valence-corrected chi connectivity index (χ4v) is 4.50. The van der Waals surface area contributed by atoms with Gasteiger partial charge in [0.2, 0.25) is 0 Å². The maximum Gasteiger partial charge on any atom is 0.327 e. The number of benzene rings is 2. The Morgan fingerprint density at radius 1 is 1.17 bits per heavy atom. The van der Waals surface area contributed by atoms with Crippen LogP contribution in [0.15, 0.2) is 52.6 Å². The van der Waals surface area contributed by atoms with Gasteiger partial charge < -0.3 is 0 Å². The lowest BCUT2D eigenvalue weighted by Gasteiger charge is -2.30. The molecule has 0 spiro atoms. The molecule has 2 aromatic rings. The summed E-state index contributed by atoms with van der Waals surface area (Å²) >= 11 is 3.20. The molecule has 24 heavy (non-hydrogen) atoms. The zero-order chi connectivity index (χ0) is 17.3. The number of halogens is 1. The van der Waals surface area contributed by atoms with Crippen molar-refractivity contribution >= 4 is 42.8 Å². The molecule has 0 saturated carbocycles. The van der Waals surface area contributed by atoms with Crippen LogP contribution in [-0.4, -0.2) is 25.2 Å². The van der Waals surface area contributed by atoms with Gasteiger partial charge in [-0.3, -0.25) is 4.79 Å². The molecule has 0 bridgehead atoms. The highest BCUT2D eigenvalue weighted by atomic mass is 79.9. The van der Waals surface area contributed by atoms with Gasteiger partial charge in [0.15, 0.2) is 0 Å². The third kappa shape index (κ3) is 2.90. The van der Waals surface area contributed by atoms with Gasteiger partial charge in [-0.05, 0) is 32.3 Å². The first-order valence-electron chi connectivity index (χ1n) is 7.07. The van der Waals surface area contributed by atoms with Gasteiger partial charge in [-0.15, -0.1) is 6.42 Å². The quantitative estimate of drug-likeness (QED) is 0.798. The van der Waals surface area contributed by atoms with Crippen LogP contribution in [0.2, 0.25) is 0 Å². The second-order valence-electron chi connectivity index (χ2n) is 5.22. The Bertz CT molecular complexity index is 1000. The number of hydrogen-bond acceptors (Lipinski definition) is 3. The van der Waals surface area contributed by atoms with E-state index in [9.17, 15) is 13.2 Å². The van der Waals surface area contributed by atoms with E-state index < -0.39 is 16.1 Å². The van der Waals surface area contributed by atoms with E-state index in [1.54, 1.807) is 0 Å². The van der Waals surface area contributed by atoms with Crippen molar-refractivity contribution in [3.63, 3.8) is 0 Å². The Morgan fingerprint density at radius 2 is 1.88 bits per heavy atom. The lowest BCUT2D eigenvalue weighted by atomic mass is 10.0. The topological polar surface area (TPSA) is 66.5 Å². The van der Waals surface area contributed by atoms with Gasteiger partial charge in [0.25, 0.3) is 5.91 Å². The molecule has 1 N–H and O–H groups in total. The summed E-state index contributed by atoms with van der Waals surface area (Å²) in [4.78, 5) is 12.0. The largest absolute Gasteiger partial charge is 0.327 e. The number of hydrogen-bond donors (Lipinski definition) is 1. The van der Waals surface area contributed by atoms with Crippen LogP contribution in [0.3, 0.4) is 0 Å². The SMILES string of the molecule is C#CCN1C(Cc2cccc3ccccc23)=C(Br)C(=O)NS1(=O)=O. The number of nitrogens with zero attached hydrogens (tertiary/aromatic N) is 1. The number of fused-ring (bicyclic) bond motifs is 1. The smallest absolute Gasteiger partial charge is 0.267 e. The number of carbonyl (C=O) groups excluding carboxylic acids is 1. The third-order valence-electron chi connectivity index (χ3n) is 3.74. The first-order chi connectivity index (χ1) is 11.4. The van der Waals surface area contributed by atoms with E-state index in [2.05, 4.69) is 21.9 Å². The van der Waals surface area contributed by atoms with Crippen molar-refractivity contribution < 1.29 is 13.2 Å². The van der Waals surface area contributed by atoms with Crippen molar-refractivity contribution in [2.45, 2.75) is 6.42 Å². The second-order valence-corrected chi connectivity index (χ2v) is 7.61. The van der Waals surface area contributed by atoms with Crippen LogP contribution in [0.25, 0.3) is 10.8 Å². The molecule has 0 aromatic heterocycles. The highest BCUT2D eigenvalue weighted by molar-refractivity contribution is 9.12. The maximum atomic E-state index is 12.2. The molecule has 0 saturated heterocycles. The fourth-order valence-electron chi connectivity index (χ4n) is 2.66. The van der Waals surface area contributed by atoms with Crippen molar-refractivity contribution in [1.29, 1.82) is 0 Å². The number of rotatable bonds is 3. The molecule has 1 aliphatic heterocycles. The van der Waals surface area contributed by atoms with Crippen molar-refractivity contribution in [1.82, 2.24) is 9.03 Å². The lowest BCUT2D eigenvalue weighted by molar-refractivity contribution is -0.115. The molecule has 0 radical (unpaired) electrons. The zero-order valence-corrected chi connectivity index (χ0v) is 14.9. The molecule has 1 aliphatic rings. The summed E-state index contributed by atoms with van der Waals surface area (Å²) in [6.45, 7) is -0.155. The van der Waals surface area contributed by atoms with Gasteiger partial charge in [-0.1, -0.05) is 48.4 Å². The van der Waals surface area contributed by atoms with Crippen molar-refractivity contribution in [2.75, 3.05) is 6.54 Å². The molecular formula is C17H13BrN2O3S. The van der Waals surface area contributed by atoms with E-state index in [-0.39, 0.29) is 17.4 Å². The molecule has 3 rings (SSSR count). The zero-order valence-electron chi connectivity index (χ0n) is 12.5. The van der Waals surface area contributed by atoms with Gasteiger partial charge in [0.1, 0.15) is 4.48 Å². The molecular weight excluding hydrogens is 392 g/mol. The highest BCUT2D eigenvalue weighted by Gasteiger charge is 2.35. The summed E-state index contributed by atoms with van der Waals surface area (Å²) in [6, 6.07) is 13.6. The summed E-state index contributed by atoms with van der Waals surface area (Å²) in [5.74, 6) is 1.63. The van der Waals surface area contributed by atoms with Gasteiger partial charge in [0, 0.05) is 6.42 Å². The van der Waals surface area contributed by atoms with Crippen molar-refractivity contribution in [3.8, 4) is 12.3 Å². The molecule has 7 heteroatoms. The molecule has 122 valence electrons. The van der Waals surface area contributed by atoms with E-state index >= 15 is 0 Å². The van der Waals surface area contributed by atoms with Gasteiger partial charge in [0.05, 0.1) is 12.2 Å². The Labute approximate surface area is 148 Å². The average Bonchev–Trinajstić information content (AvgIpc) is 2.56. The highest BCUT2D eigenvalue weighted by Crippen LogP contribution is 2.29. The van der Waals surface area contributed by atoms with E-state index in [1.165, 1.54) is 0 Å². The van der Waals surface area contributed by atoms with Crippen LogP contribution < -0.4 is 4.72 Å². The minimum absolute atomic E-state index is 0.155. The van der Waals surface area contributed by atoms with Crippen LogP contribution >= 0.6 is 15.9 Å². The molecule has 0 fully saturated rings. The Morgan fingerprint density at radius 3 is 2.62 bits per heavy atom. The van der Waals surface area contributed by atoms with E-state index in [0.29, 0.717) is 5.70 Å². The number of amides is 1. The number of allylic oxidation sites excluding steroid dienone is 1. The minimum Gasteiger partial charge on any atom is -0.267 e. The van der Waals surface area contributed by atoms with Crippen LogP contribution in [0.5, 0.6) is 0 Å². The molecule has 0 atom stereocenters. The maximum absolute atomic E-state index is 12.2. The van der Waals surface area contributed by atoms with Gasteiger partial charge >= 0.3 is 10.2 Å². The van der Waals surface area contributed by atoms with Crippen LogP contribution in [-0.2, 0) is 21.4 Å². The lowest BCUT2D eigenvalue weighted by Crippen LogP contribution is -2.48. The van der Waals surface area contributed by atoms with E-state index in [1.807, 2.05) is 47.2 Å². The average molecular weight is 405 g/mol. The molecule has 1 amide bonds. The number of nitrogens with one attached hydrogen (secondary N) is 1. The fraction of sp³-hybridized carbons (Fsp3) is 0.118. The molecule has 2 aromatic carbocycles. The van der Waals surface area contributed by atoms with E-state index in [4.69, 9.17) is 6.42 Å². The van der Waals surface area contributed by atoms with Gasteiger partial charge in [-0.2, -0.15) is 8.42 Å². The molecule has 5 nitrogen and oxygen atoms in total. The summed E-state index contributed by atoms with van der Waals surface area (Å²) in [6.07, 6.45) is 5.56. The Balaban J connectivity index is 2.13. The summed E-state index contributed by atoms with van der Waals surface area (Å²) in [5, 5.41) is 2.04. The Kier molecular flexibility index (Phi) is 4.35. The summed E-state index contributed by atoms with van der Waals surface area (Å²) < 4.78 is 27.6. The summed E-state index contributed by atoms with van der Waals surface area (Å²) in [7, 11) is -3.99. The van der Waals surface area contributed by atoms with Crippen LogP contribution in [0.1, 0.15) is 5.56 Å². The Hall–Kier alpha value is -2.30. The first-order valence-corrected chi connectivity index (χ1v) is 9.31. The number of terminal acetylenes is 1. The predicted octanol–water partition coefficient (Wildman–Crippen LogP) is 2.30. The van der Waals surface area contributed by atoms with Crippen LogP contribution in [0, 0.1) is 12.3 Å². The molecule has 0 aliphatic carbocycles. The van der Waals surface area contributed by atoms with E-state index in [0.717, 1.165) is 20.6 Å². The molecule has 0 unspecified atom stereocenters. The number of carbonyl (C=O) groups is 1. The monoisotopic (exact) mass is 404 g/mol. The normalized spacial score (nSPS) is 16.8. The predicted molar refractivity (Wildman–Crippen MR) is 96.2 cm³/mol. The third-order valence-corrected chi connectivity index (χ3v) is 5.93. The molecule has 1 heterocycles. The van der Waals surface area contributed by atoms with Gasteiger partial charge in [-0.25, -0.2) is 9.03 Å². The van der Waals surface area contributed by atoms with Crippen molar-refractivity contribution in [3.05, 3.63) is 58.2 Å². The minimum atomic E-state index is -3.99. The second kappa shape index (κ2) is 6.30. The standard InChI is InChI=1S/C17H13BrN2O3S/c1-2-10-20-15(16(18)17(21)19-24(20,22)23)11-13-8-5-7-12-6-3-4-9-14(12)13/h1,3-9H,10-11H2,(H,19,21).